The molecule has 0 spiro atoms. The van der Waals surface area contributed by atoms with Gasteiger partial charge in [0.15, 0.2) is 0 Å². The van der Waals surface area contributed by atoms with Crippen molar-refractivity contribution in [2.45, 2.75) is 38.9 Å². The van der Waals surface area contributed by atoms with Crippen LogP contribution in [0.1, 0.15) is 19.4 Å². The van der Waals surface area contributed by atoms with E-state index in [1.54, 1.807) is 0 Å². The third kappa shape index (κ3) is 3.97. The van der Waals surface area contributed by atoms with Gasteiger partial charge in [0.05, 0.1) is 6.20 Å². The Morgan fingerprint density at radius 1 is 1.53 bits per heavy atom. The monoisotopic (exact) mass is 282 g/mol. The smallest absolute Gasteiger partial charge is 0.0522 e. The van der Waals surface area contributed by atoms with Crippen molar-refractivity contribution < 1.29 is 0 Å². The maximum Gasteiger partial charge on any atom is 0.0522 e. The van der Waals surface area contributed by atoms with E-state index in [0.717, 1.165) is 19.5 Å². The maximum absolute atomic E-state index is 4.38. The van der Waals surface area contributed by atoms with Gasteiger partial charge in [0.25, 0.3) is 0 Å². The third-order valence-corrected chi connectivity index (χ3v) is 4.89. The number of thioether (sulfide) groups is 1. The van der Waals surface area contributed by atoms with E-state index < -0.39 is 0 Å². The molecule has 0 amide bonds. The summed E-state index contributed by atoms with van der Waals surface area (Å²) in [5.74, 6) is 2.50. The van der Waals surface area contributed by atoms with Crippen LogP contribution in [0.2, 0.25) is 0 Å². The molecule has 4 nitrogen and oxygen atoms in total. The summed E-state index contributed by atoms with van der Waals surface area (Å²) < 4.78 is 2.01. The minimum Gasteiger partial charge on any atom is -0.312 e. The van der Waals surface area contributed by atoms with Crippen LogP contribution in [0, 0.1) is 0 Å². The second kappa shape index (κ2) is 7.31. The van der Waals surface area contributed by atoms with Crippen LogP contribution in [0.3, 0.4) is 0 Å². The van der Waals surface area contributed by atoms with E-state index >= 15 is 0 Å². The minimum absolute atomic E-state index is 0.525. The molecule has 1 N–H and O–H groups in total. The fourth-order valence-corrected chi connectivity index (χ4v) is 3.99. The van der Waals surface area contributed by atoms with Crippen LogP contribution in [-0.2, 0) is 13.0 Å². The van der Waals surface area contributed by atoms with E-state index in [4.69, 9.17) is 0 Å². The van der Waals surface area contributed by atoms with Gasteiger partial charge in [0.2, 0.25) is 0 Å². The summed E-state index contributed by atoms with van der Waals surface area (Å²) in [6.45, 7) is 7.50. The Labute approximate surface area is 120 Å². The first kappa shape index (κ1) is 14.9. The third-order valence-electron chi connectivity index (χ3n) is 3.84. The number of aromatic nitrogens is 2. The fourth-order valence-electron chi connectivity index (χ4n) is 2.67. The second-order valence-corrected chi connectivity index (χ2v) is 6.35. The Morgan fingerprint density at radius 3 is 3.00 bits per heavy atom. The molecule has 1 fully saturated rings. The number of hydrogen-bond acceptors (Lipinski definition) is 4. The highest BCUT2D eigenvalue weighted by Gasteiger charge is 2.27. The lowest BCUT2D eigenvalue weighted by atomic mass is 10.0. The van der Waals surface area contributed by atoms with E-state index in [-0.39, 0.29) is 0 Å². The molecule has 1 saturated heterocycles. The molecule has 1 aliphatic heterocycles. The van der Waals surface area contributed by atoms with Gasteiger partial charge < -0.3 is 10.2 Å². The Hall–Kier alpha value is -0.520. The number of likely N-dealkylation sites (N-methyl/N-ethyl adjacent to an activating group) is 2. The Morgan fingerprint density at radius 2 is 2.37 bits per heavy atom. The van der Waals surface area contributed by atoms with Crippen LogP contribution >= 0.6 is 11.8 Å². The van der Waals surface area contributed by atoms with E-state index in [0.29, 0.717) is 12.1 Å². The summed E-state index contributed by atoms with van der Waals surface area (Å²) in [5, 5.41) is 8.05. The van der Waals surface area contributed by atoms with E-state index in [9.17, 15) is 0 Å². The summed E-state index contributed by atoms with van der Waals surface area (Å²) in [6.07, 6.45) is 5.27. The lowest BCUT2D eigenvalue weighted by molar-refractivity contribution is 0.215. The Kier molecular flexibility index (Phi) is 5.73. The zero-order valence-corrected chi connectivity index (χ0v) is 13.1. The average Bonchev–Trinajstić information content (AvgIpc) is 2.87. The predicted molar refractivity (Wildman–Crippen MR) is 82.8 cm³/mol. The van der Waals surface area contributed by atoms with Crippen molar-refractivity contribution in [2.75, 3.05) is 31.6 Å². The van der Waals surface area contributed by atoms with Crippen molar-refractivity contribution in [3.8, 4) is 0 Å². The van der Waals surface area contributed by atoms with Crippen molar-refractivity contribution in [3.05, 3.63) is 18.0 Å². The van der Waals surface area contributed by atoms with Crippen molar-refractivity contribution in [1.29, 1.82) is 0 Å². The number of nitrogens with one attached hydrogen (secondary N) is 1. The molecule has 1 aromatic heterocycles. The van der Waals surface area contributed by atoms with Gasteiger partial charge in [-0.1, -0.05) is 6.92 Å². The predicted octanol–water partition coefficient (Wildman–Crippen LogP) is 1.47. The van der Waals surface area contributed by atoms with Crippen LogP contribution in [-0.4, -0.2) is 58.4 Å². The van der Waals surface area contributed by atoms with Crippen LogP contribution in [0.15, 0.2) is 12.4 Å². The molecule has 0 radical (unpaired) electrons. The van der Waals surface area contributed by atoms with Gasteiger partial charge in [0.1, 0.15) is 0 Å². The summed E-state index contributed by atoms with van der Waals surface area (Å²) in [7, 11) is 2.25. The molecule has 2 atom stereocenters. The van der Waals surface area contributed by atoms with Gasteiger partial charge in [-0.05, 0) is 32.5 Å². The van der Waals surface area contributed by atoms with E-state index in [2.05, 4.69) is 54.2 Å². The lowest BCUT2D eigenvalue weighted by Gasteiger charge is -2.38. The number of hydrogen-bond donors (Lipinski definition) is 1. The first-order chi connectivity index (χ1) is 9.24. The van der Waals surface area contributed by atoms with Gasteiger partial charge in [-0.3, -0.25) is 4.68 Å². The van der Waals surface area contributed by atoms with Gasteiger partial charge in [-0.15, -0.1) is 0 Å². The van der Waals surface area contributed by atoms with E-state index in [1.165, 1.54) is 23.6 Å². The summed E-state index contributed by atoms with van der Waals surface area (Å²) in [5.41, 5.74) is 1.34. The summed E-state index contributed by atoms with van der Waals surface area (Å²) in [4.78, 5) is 2.51. The molecular weight excluding hydrogens is 256 g/mol. The number of rotatable bonds is 6. The minimum atomic E-state index is 0.525. The highest BCUT2D eigenvalue weighted by Crippen LogP contribution is 2.19. The van der Waals surface area contributed by atoms with Crippen LogP contribution in [0.4, 0.5) is 0 Å². The van der Waals surface area contributed by atoms with Crippen molar-refractivity contribution >= 4 is 11.8 Å². The first-order valence-electron chi connectivity index (χ1n) is 7.27. The van der Waals surface area contributed by atoms with E-state index in [1.807, 2.05) is 10.9 Å². The molecule has 1 aromatic rings. The van der Waals surface area contributed by atoms with Crippen molar-refractivity contribution in [2.24, 2.45) is 0 Å². The van der Waals surface area contributed by atoms with Gasteiger partial charge in [-0.25, -0.2) is 0 Å². The number of aryl methyl sites for hydroxylation is 1. The van der Waals surface area contributed by atoms with Gasteiger partial charge in [-0.2, -0.15) is 16.9 Å². The number of nitrogens with zero attached hydrogens (tertiary/aromatic N) is 3. The topological polar surface area (TPSA) is 33.1 Å². The summed E-state index contributed by atoms with van der Waals surface area (Å²) >= 11 is 2.08. The first-order valence-corrected chi connectivity index (χ1v) is 8.42. The SMILES string of the molecule is CCNC(Cc1cnn(CC)c1)C1CSCCN1C. The molecular formula is C14H26N4S. The highest BCUT2D eigenvalue weighted by molar-refractivity contribution is 7.99. The molecule has 0 saturated carbocycles. The molecule has 2 unspecified atom stereocenters. The molecule has 0 bridgehead atoms. The fraction of sp³-hybridized carbons (Fsp3) is 0.786. The average molecular weight is 282 g/mol. The zero-order valence-electron chi connectivity index (χ0n) is 12.3. The van der Waals surface area contributed by atoms with Crippen molar-refractivity contribution in [3.63, 3.8) is 0 Å². The molecule has 1 aliphatic rings. The maximum atomic E-state index is 4.38. The Bertz CT molecular complexity index is 379. The lowest BCUT2D eigenvalue weighted by Crippen LogP contribution is -2.53. The molecule has 0 aromatic carbocycles. The van der Waals surface area contributed by atoms with Crippen LogP contribution in [0.25, 0.3) is 0 Å². The zero-order chi connectivity index (χ0) is 13.7. The van der Waals surface area contributed by atoms with Crippen molar-refractivity contribution in [1.82, 2.24) is 20.0 Å². The largest absolute Gasteiger partial charge is 0.312 e. The summed E-state index contributed by atoms with van der Waals surface area (Å²) in [6, 6.07) is 1.15. The van der Waals surface area contributed by atoms with Gasteiger partial charge >= 0.3 is 0 Å². The normalized spacial score (nSPS) is 22.6. The van der Waals surface area contributed by atoms with Crippen LogP contribution in [0.5, 0.6) is 0 Å². The molecule has 2 heterocycles. The van der Waals surface area contributed by atoms with Crippen LogP contribution < -0.4 is 5.32 Å². The molecule has 5 heteroatoms. The van der Waals surface area contributed by atoms with Gasteiger partial charge in [0, 0.05) is 42.9 Å². The molecule has 0 aliphatic carbocycles. The molecule has 108 valence electrons. The molecule has 2 rings (SSSR count). The quantitative estimate of drug-likeness (QED) is 0.856. The Balaban J connectivity index is 2.02. The second-order valence-electron chi connectivity index (χ2n) is 5.20. The standard InChI is InChI=1S/C14H26N4S/c1-4-15-13(14-11-19-7-6-17(14)3)8-12-9-16-18(5-2)10-12/h9-10,13-15H,4-8,11H2,1-3H3. The highest BCUT2D eigenvalue weighted by atomic mass is 32.2. The molecule has 19 heavy (non-hydrogen) atoms.